The first-order valence-corrected chi connectivity index (χ1v) is 14.6. The van der Waals surface area contributed by atoms with Gasteiger partial charge in [-0.3, -0.25) is 9.59 Å². The lowest BCUT2D eigenvalue weighted by Crippen LogP contribution is -2.41. The Hall–Kier alpha value is -2.67. The van der Waals surface area contributed by atoms with E-state index in [0.717, 1.165) is 11.3 Å². The van der Waals surface area contributed by atoms with Gasteiger partial charge in [0.15, 0.2) is 0 Å². The maximum absolute atomic E-state index is 13.2. The van der Waals surface area contributed by atoms with Crippen molar-refractivity contribution in [1.82, 2.24) is 10.3 Å². The quantitative estimate of drug-likeness (QED) is 0.398. The van der Waals surface area contributed by atoms with E-state index in [-0.39, 0.29) is 23.6 Å². The highest BCUT2D eigenvalue weighted by Gasteiger charge is 2.40. The van der Waals surface area contributed by atoms with Gasteiger partial charge in [0.25, 0.3) is 5.91 Å². The Labute approximate surface area is 233 Å². The topological polar surface area (TPSA) is 116 Å². The van der Waals surface area contributed by atoms with Crippen LogP contribution in [-0.4, -0.2) is 66.9 Å². The van der Waals surface area contributed by atoms with Crippen molar-refractivity contribution >= 4 is 50.6 Å². The van der Waals surface area contributed by atoms with Gasteiger partial charge in [0, 0.05) is 16.3 Å². The number of hydrogen-bond donors (Lipinski definition) is 2. The molecule has 2 N–H and O–H groups in total. The van der Waals surface area contributed by atoms with E-state index in [1.165, 1.54) is 0 Å². The maximum atomic E-state index is 13.2. The smallest absolute Gasteiger partial charge is 0.384 e. The van der Waals surface area contributed by atoms with Crippen LogP contribution in [0.1, 0.15) is 36.4 Å². The molecule has 3 rings (SSSR count). The summed E-state index contributed by atoms with van der Waals surface area (Å²) in [5, 5.41) is 17.7. The number of aliphatic hydroxyl groups excluding tert-OH is 1. The molecule has 0 bridgehead atoms. The largest absolute Gasteiger partial charge is 0.414 e. The number of aliphatic hydroxyl groups is 1. The Morgan fingerprint density at radius 3 is 2.38 bits per heavy atom. The summed E-state index contributed by atoms with van der Waals surface area (Å²) in [6.07, 6.45) is -7.08. The molecule has 2 unspecified atom stereocenters. The number of amides is 2. The van der Waals surface area contributed by atoms with Crippen LogP contribution < -0.4 is 5.32 Å². The highest BCUT2D eigenvalue weighted by molar-refractivity contribution is 7.90. The van der Waals surface area contributed by atoms with Gasteiger partial charge in [0.05, 0.1) is 23.4 Å². The van der Waals surface area contributed by atoms with Crippen LogP contribution >= 0.6 is 23.2 Å². The first-order chi connectivity index (χ1) is 18.2. The van der Waals surface area contributed by atoms with Crippen molar-refractivity contribution in [1.29, 1.82) is 0 Å². The van der Waals surface area contributed by atoms with E-state index in [2.05, 4.69) is 10.4 Å². The molecule has 1 aliphatic rings. The highest BCUT2D eigenvalue weighted by Crippen LogP contribution is 2.29. The molecule has 0 aliphatic carbocycles. The van der Waals surface area contributed by atoms with Gasteiger partial charge in [0.2, 0.25) is 5.91 Å². The number of carbonyl (C=O) groups excluding carboxylic acids is 2. The minimum absolute atomic E-state index is 0.0537. The lowest BCUT2D eigenvalue weighted by atomic mass is 9.91. The summed E-state index contributed by atoms with van der Waals surface area (Å²) in [7, 11) is -3.55. The molecule has 0 radical (unpaired) electrons. The molecule has 0 saturated carbocycles. The van der Waals surface area contributed by atoms with Crippen molar-refractivity contribution in [2.24, 2.45) is 11.0 Å². The predicted molar refractivity (Wildman–Crippen MR) is 141 cm³/mol. The van der Waals surface area contributed by atoms with E-state index >= 15 is 0 Å². The second-order valence-electron chi connectivity index (χ2n) is 9.16. The standard InChI is InChI=1S/C25H26Cl2F3N3O5S/c1-39(37,38)14-20(17-5-2-3-7-19(17)27)31-22(35)13-33-24(36)18(6-4-8-21(34)25(28,29)30)23(32-33)15-9-11-16(26)12-10-15/h2-3,5,7,9-12,18,20-21,34H,4,6,8,13-14H2,1H3,(H,31,35)/t18?,20?,21-/m0/s1. The van der Waals surface area contributed by atoms with Crippen LogP contribution in [0.4, 0.5) is 13.2 Å². The van der Waals surface area contributed by atoms with Crippen LogP contribution in [0.2, 0.25) is 10.0 Å². The minimum Gasteiger partial charge on any atom is -0.384 e. The summed E-state index contributed by atoms with van der Waals surface area (Å²) in [5.41, 5.74) is 1.10. The molecule has 0 aromatic heterocycles. The van der Waals surface area contributed by atoms with Gasteiger partial charge in [-0.1, -0.05) is 53.5 Å². The van der Waals surface area contributed by atoms with E-state index in [1.54, 1.807) is 48.5 Å². The Bertz CT molecular complexity index is 1340. The average Bonchev–Trinajstić information content (AvgIpc) is 3.13. The van der Waals surface area contributed by atoms with Crippen LogP contribution in [-0.2, 0) is 19.4 Å². The van der Waals surface area contributed by atoms with Gasteiger partial charge < -0.3 is 10.4 Å². The van der Waals surface area contributed by atoms with Gasteiger partial charge in [-0.2, -0.15) is 18.3 Å². The van der Waals surface area contributed by atoms with E-state index in [4.69, 9.17) is 23.2 Å². The molecule has 0 fully saturated rings. The van der Waals surface area contributed by atoms with Crippen LogP contribution in [0.15, 0.2) is 53.6 Å². The molecule has 3 atom stereocenters. The van der Waals surface area contributed by atoms with Crippen LogP contribution in [0.25, 0.3) is 0 Å². The first kappa shape index (κ1) is 30.9. The fraction of sp³-hybridized carbons (Fsp3) is 0.400. The van der Waals surface area contributed by atoms with E-state index in [0.29, 0.717) is 16.1 Å². The molecule has 2 aromatic carbocycles. The van der Waals surface area contributed by atoms with Crippen molar-refractivity contribution in [2.45, 2.75) is 37.6 Å². The van der Waals surface area contributed by atoms with Crippen LogP contribution in [0.5, 0.6) is 0 Å². The Kier molecular flexibility index (Phi) is 10.0. The summed E-state index contributed by atoms with van der Waals surface area (Å²) in [5.74, 6) is -2.74. The third kappa shape index (κ3) is 8.66. The molecule has 39 heavy (non-hydrogen) atoms. The highest BCUT2D eigenvalue weighted by atomic mass is 35.5. The monoisotopic (exact) mass is 607 g/mol. The van der Waals surface area contributed by atoms with Crippen molar-refractivity contribution in [3.05, 3.63) is 69.7 Å². The number of alkyl halides is 3. The van der Waals surface area contributed by atoms with Gasteiger partial charge in [0.1, 0.15) is 22.5 Å². The molecular formula is C25H26Cl2F3N3O5S. The van der Waals surface area contributed by atoms with Crippen LogP contribution in [0, 0.1) is 5.92 Å². The molecule has 8 nitrogen and oxygen atoms in total. The molecular weight excluding hydrogens is 582 g/mol. The van der Waals surface area contributed by atoms with E-state index < -0.39 is 64.6 Å². The summed E-state index contributed by atoms with van der Waals surface area (Å²) in [6, 6.07) is 11.7. The maximum Gasteiger partial charge on any atom is 0.414 e. The van der Waals surface area contributed by atoms with Crippen molar-refractivity contribution in [2.75, 3.05) is 18.6 Å². The van der Waals surface area contributed by atoms with Crippen molar-refractivity contribution in [3.8, 4) is 0 Å². The molecule has 212 valence electrons. The molecule has 14 heteroatoms. The fourth-order valence-corrected chi connectivity index (χ4v) is 5.39. The number of hydrazone groups is 1. The Balaban J connectivity index is 1.79. The van der Waals surface area contributed by atoms with E-state index in [9.17, 15) is 36.3 Å². The number of benzene rings is 2. The molecule has 0 spiro atoms. The average molecular weight is 608 g/mol. The molecule has 0 saturated heterocycles. The third-order valence-corrected chi connectivity index (χ3v) is 7.51. The van der Waals surface area contributed by atoms with Gasteiger partial charge in [-0.25, -0.2) is 13.4 Å². The lowest BCUT2D eigenvalue weighted by Gasteiger charge is -2.21. The second kappa shape index (κ2) is 12.7. The zero-order chi connectivity index (χ0) is 29.0. The van der Waals surface area contributed by atoms with Gasteiger partial charge in [-0.05, 0) is 48.6 Å². The van der Waals surface area contributed by atoms with Crippen molar-refractivity contribution in [3.63, 3.8) is 0 Å². The third-order valence-electron chi connectivity index (χ3n) is 5.98. The van der Waals surface area contributed by atoms with Gasteiger partial charge in [-0.15, -0.1) is 0 Å². The molecule has 2 aromatic rings. The number of hydrogen-bond acceptors (Lipinski definition) is 6. The lowest BCUT2D eigenvalue weighted by molar-refractivity contribution is -0.205. The van der Waals surface area contributed by atoms with Crippen LogP contribution in [0.3, 0.4) is 0 Å². The number of rotatable bonds is 11. The first-order valence-electron chi connectivity index (χ1n) is 11.8. The van der Waals surface area contributed by atoms with Crippen molar-refractivity contribution < 1.29 is 36.3 Å². The number of carbonyl (C=O) groups is 2. The second-order valence-corrected chi connectivity index (χ2v) is 12.2. The van der Waals surface area contributed by atoms with E-state index in [1.807, 2.05) is 0 Å². The summed E-state index contributed by atoms with van der Waals surface area (Å²) in [6.45, 7) is -0.567. The molecule has 1 heterocycles. The SMILES string of the molecule is CS(=O)(=O)CC(NC(=O)CN1N=C(c2ccc(Cl)cc2)C(CCC[C@H](O)C(F)(F)F)C1=O)c1ccccc1Cl. The molecule has 2 amide bonds. The zero-order valence-corrected chi connectivity index (χ0v) is 23.0. The number of nitrogens with one attached hydrogen (secondary N) is 1. The minimum atomic E-state index is -4.78. The summed E-state index contributed by atoms with van der Waals surface area (Å²) < 4.78 is 62.1. The Morgan fingerprint density at radius 1 is 1.15 bits per heavy atom. The number of nitrogens with zero attached hydrogens (tertiary/aromatic N) is 2. The number of halogens is 5. The number of sulfone groups is 1. The predicted octanol–water partition coefficient (Wildman–Crippen LogP) is 4.15. The normalized spacial score (nSPS) is 17.6. The fourth-order valence-electron chi connectivity index (χ4n) is 4.12. The summed E-state index contributed by atoms with van der Waals surface area (Å²) in [4.78, 5) is 26.2. The Morgan fingerprint density at radius 2 is 1.79 bits per heavy atom. The molecule has 1 aliphatic heterocycles. The zero-order valence-electron chi connectivity index (χ0n) is 20.7. The van der Waals surface area contributed by atoms with Gasteiger partial charge >= 0.3 is 6.18 Å². The summed E-state index contributed by atoms with van der Waals surface area (Å²) >= 11 is 12.2.